The number of amides is 2. The molecule has 2 aromatic heterocycles. The van der Waals surface area contributed by atoms with Crippen molar-refractivity contribution in [2.45, 2.75) is 51.7 Å². The van der Waals surface area contributed by atoms with Gasteiger partial charge in [0.1, 0.15) is 16.1 Å². The monoisotopic (exact) mass is 458 g/mol. The van der Waals surface area contributed by atoms with Crippen LogP contribution in [0.25, 0.3) is 20.8 Å². The van der Waals surface area contributed by atoms with Crippen molar-refractivity contribution in [3.05, 3.63) is 34.7 Å². The Morgan fingerprint density at radius 1 is 1.29 bits per heavy atom. The van der Waals surface area contributed by atoms with Crippen LogP contribution in [0.5, 0.6) is 0 Å². The Kier molecular flexibility index (Phi) is 6.84. The molecule has 3 heterocycles. The van der Waals surface area contributed by atoms with Gasteiger partial charge in [0, 0.05) is 23.4 Å². The molecule has 1 aromatic carbocycles. The zero-order chi connectivity index (χ0) is 21.8. The lowest BCUT2D eigenvalue weighted by molar-refractivity contribution is -0.116. The highest BCUT2D eigenvalue weighted by Crippen LogP contribution is 2.44. The number of hydrogen-bond donors (Lipinski definition) is 3. The largest absolute Gasteiger partial charge is 0.447 e. The molecule has 164 valence electrons. The number of primary amides is 1. The maximum absolute atomic E-state index is 12.7. The van der Waals surface area contributed by atoms with Gasteiger partial charge in [-0.05, 0) is 56.8 Å². The zero-order valence-electron chi connectivity index (χ0n) is 17.4. The number of carbonyl (C=O) groups is 2. The molecule has 1 atom stereocenters. The molecule has 3 aromatic rings. The Morgan fingerprint density at radius 3 is 2.94 bits per heavy atom. The number of thiophene rings is 1. The molecule has 0 spiro atoms. The van der Waals surface area contributed by atoms with Crippen molar-refractivity contribution in [3.8, 4) is 10.6 Å². The van der Waals surface area contributed by atoms with E-state index in [9.17, 15) is 9.59 Å². The third-order valence-electron chi connectivity index (χ3n) is 5.27. The number of para-hydroxylation sites is 1. The van der Waals surface area contributed by atoms with Gasteiger partial charge in [-0.2, -0.15) is 0 Å². The van der Waals surface area contributed by atoms with Crippen LogP contribution >= 0.6 is 22.7 Å². The first kappa shape index (κ1) is 21.7. The van der Waals surface area contributed by atoms with E-state index in [-0.39, 0.29) is 12.0 Å². The molecule has 1 unspecified atom stereocenters. The number of ether oxygens (including phenoxy) is 1. The van der Waals surface area contributed by atoms with Crippen LogP contribution in [0.15, 0.2) is 24.3 Å². The molecule has 4 N–H and O–H groups in total. The van der Waals surface area contributed by atoms with Gasteiger partial charge < -0.3 is 21.1 Å². The summed E-state index contributed by atoms with van der Waals surface area (Å²) in [6, 6.07) is 8.13. The molecule has 2 amide bonds. The molecular formula is C22H26N4O3S2. The van der Waals surface area contributed by atoms with Gasteiger partial charge in [-0.3, -0.25) is 4.79 Å². The molecule has 1 aliphatic rings. The maximum Gasteiger partial charge on any atom is 0.404 e. The number of unbranched alkanes of at least 4 members (excludes halogenated alkanes) is 1. The molecule has 0 fully saturated rings. The molecule has 1 aliphatic heterocycles. The van der Waals surface area contributed by atoms with E-state index in [4.69, 9.17) is 15.5 Å². The summed E-state index contributed by atoms with van der Waals surface area (Å²) in [5.74, 6) is -0.00242. The normalized spacial score (nSPS) is 14.2. The summed E-state index contributed by atoms with van der Waals surface area (Å²) in [6.45, 7) is 3.56. The van der Waals surface area contributed by atoms with Crippen LogP contribution in [-0.2, 0) is 22.5 Å². The third-order valence-corrected chi connectivity index (χ3v) is 7.47. The number of thiazole rings is 1. The second-order valence-electron chi connectivity index (χ2n) is 7.66. The number of carbonyl (C=O) groups excluding carboxylic acids is 2. The van der Waals surface area contributed by atoms with E-state index < -0.39 is 6.09 Å². The second kappa shape index (κ2) is 9.76. The van der Waals surface area contributed by atoms with E-state index in [0.717, 1.165) is 58.1 Å². The van der Waals surface area contributed by atoms with E-state index >= 15 is 0 Å². The topological polar surface area (TPSA) is 106 Å². The molecular weight excluding hydrogens is 432 g/mol. The summed E-state index contributed by atoms with van der Waals surface area (Å²) < 4.78 is 6.07. The highest BCUT2D eigenvalue weighted by molar-refractivity contribution is 7.22. The highest BCUT2D eigenvalue weighted by Gasteiger charge is 2.25. The minimum absolute atomic E-state index is 0.00242. The van der Waals surface area contributed by atoms with Crippen LogP contribution in [0.2, 0.25) is 0 Å². The van der Waals surface area contributed by atoms with Crippen molar-refractivity contribution in [3.63, 3.8) is 0 Å². The van der Waals surface area contributed by atoms with Crippen LogP contribution in [0.4, 0.5) is 9.80 Å². The fourth-order valence-electron chi connectivity index (χ4n) is 3.79. The van der Waals surface area contributed by atoms with Crippen LogP contribution in [-0.4, -0.2) is 29.6 Å². The number of nitrogens with two attached hydrogens (primary N) is 1. The number of fused-ring (bicyclic) bond motifs is 2. The summed E-state index contributed by atoms with van der Waals surface area (Å²) in [5.41, 5.74) is 8.40. The summed E-state index contributed by atoms with van der Waals surface area (Å²) in [4.78, 5) is 29.6. The van der Waals surface area contributed by atoms with Crippen molar-refractivity contribution in [2.75, 3.05) is 11.9 Å². The molecule has 0 radical (unpaired) electrons. The maximum atomic E-state index is 12.7. The molecule has 7 nitrogen and oxygen atoms in total. The van der Waals surface area contributed by atoms with Crippen LogP contribution in [0.3, 0.4) is 0 Å². The van der Waals surface area contributed by atoms with Crippen molar-refractivity contribution in [1.82, 2.24) is 10.3 Å². The van der Waals surface area contributed by atoms with Gasteiger partial charge in [-0.25, -0.2) is 9.78 Å². The SMILES string of the molecule is CC(CCCCC(=O)Nc1sc2c(c1-c1nc3ccccc3s1)CCNC2)OC(N)=O. The quantitative estimate of drug-likeness (QED) is 0.426. The lowest BCUT2D eigenvalue weighted by atomic mass is 10.0. The van der Waals surface area contributed by atoms with Crippen LogP contribution < -0.4 is 16.4 Å². The summed E-state index contributed by atoms with van der Waals surface area (Å²) in [5, 5.41) is 8.42. The first-order valence-corrected chi connectivity index (χ1v) is 12.1. The van der Waals surface area contributed by atoms with Gasteiger partial charge >= 0.3 is 6.09 Å². The predicted molar refractivity (Wildman–Crippen MR) is 126 cm³/mol. The molecule has 0 bridgehead atoms. The molecule has 4 rings (SSSR count). The standard InChI is InChI=1S/C22H26N4O3S2/c1-13(29-22(23)28)6-2-5-9-18(27)26-21-19(14-10-11-24-12-17(14)31-21)20-25-15-7-3-4-8-16(15)30-20/h3-4,7-8,13,24H,2,5-6,9-12H2,1H3,(H2,23,28)(H,26,27). The average Bonchev–Trinajstić information content (AvgIpc) is 3.31. The van der Waals surface area contributed by atoms with Gasteiger partial charge in [0.25, 0.3) is 0 Å². The third kappa shape index (κ3) is 5.23. The van der Waals surface area contributed by atoms with Gasteiger partial charge in [0.2, 0.25) is 5.91 Å². The van der Waals surface area contributed by atoms with Crippen molar-refractivity contribution < 1.29 is 14.3 Å². The fourth-order valence-corrected chi connectivity index (χ4v) is 6.14. The Labute approximate surface area is 189 Å². The minimum atomic E-state index is -0.760. The van der Waals surface area contributed by atoms with E-state index in [1.165, 1.54) is 10.4 Å². The van der Waals surface area contributed by atoms with E-state index in [1.807, 2.05) is 18.2 Å². The summed E-state index contributed by atoms with van der Waals surface area (Å²) in [6.07, 6.45) is 2.56. The summed E-state index contributed by atoms with van der Waals surface area (Å²) in [7, 11) is 0. The lowest BCUT2D eigenvalue weighted by Gasteiger charge is -2.13. The van der Waals surface area contributed by atoms with E-state index in [0.29, 0.717) is 12.8 Å². The average molecular weight is 459 g/mol. The number of hydrogen-bond acceptors (Lipinski definition) is 7. The number of aromatic nitrogens is 1. The van der Waals surface area contributed by atoms with Gasteiger partial charge in [0.15, 0.2) is 0 Å². The van der Waals surface area contributed by atoms with Crippen LogP contribution in [0, 0.1) is 0 Å². The van der Waals surface area contributed by atoms with Gasteiger partial charge in [-0.1, -0.05) is 12.1 Å². The first-order chi connectivity index (χ1) is 15.0. The van der Waals surface area contributed by atoms with Crippen LogP contribution in [0.1, 0.15) is 43.0 Å². The fraction of sp³-hybridized carbons (Fsp3) is 0.409. The van der Waals surface area contributed by atoms with Gasteiger partial charge in [0.05, 0.1) is 10.2 Å². The number of nitrogens with one attached hydrogen (secondary N) is 2. The van der Waals surface area contributed by atoms with Crippen molar-refractivity contribution in [1.29, 1.82) is 0 Å². The Hall–Kier alpha value is -2.49. The number of nitrogens with zero attached hydrogens (tertiary/aromatic N) is 1. The number of benzene rings is 1. The Bertz CT molecular complexity index is 1060. The summed E-state index contributed by atoms with van der Waals surface area (Å²) >= 11 is 3.32. The van der Waals surface area contributed by atoms with E-state index in [1.54, 1.807) is 29.6 Å². The molecule has 0 saturated heterocycles. The lowest BCUT2D eigenvalue weighted by Crippen LogP contribution is -2.22. The van der Waals surface area contributed by atoms with Crippen molar-refractivity contribution >= 4 is 49.9 Å². The molecule has 9 heteroatoms. The Morgan fingerprint density at radius 2 is 2.13 bits per heavy atom. The minimum Gasteiger partial charge on any atom is -0.447 e. The number of anilines is 1. The highest BCUT2D eigenvalue weighted by atomic mass is 32.1. The zero-order valence-corrected chi connectivity index (χ0v) is 19.0. The molecule has 31 heavy (non-hydrogen) atoms. The van der Waals surface area contributed by atoms with Crippen molar-refractivity contribution in [2.24, 2.45) is 5.73 Å². The van der Waals surface area contributed by atoms with Gasteiger partial charge in [-0.15, -0.1) is 22.7 Å². The number of rotatable bonds is 8. The first-order valence-electron chi connectivity index (χ1n) is 10.5. The smallest absolute Gasteiger partial charge is 0.404 e. The molecule has 0 saturated carbocycles. The second-order valence-corrected chi connectivity index (χ2v) is 9.80. The predicted octanol–water partition coefficient (Wildman–Crippen LogP) is 4.65. The Balaban J connectivity index is 1.46. The molecule has 0 aliphatic carbocycles. The van der Waals surface area contributed by atoms with E-state index in [2.05, 4.69) is 16.7 Å².